The lowest BCUT2D eigenvalue weighted by atomic mass is 10.0. The van der Waals surface area contributed by atoms with Crippen molar-refractivity contribution in [2.75, 3.05) is 27.1 Å². The topological polar surface area (TPSA) is 91.0 Å². The fourth-order valence-corrected chi connectivity index (χ4v) is 2.30. The average Bonchev–Trinajstić information content (AvgIpc) is 2.59. The summed E-state index contributed by atoms with van der Waals surface area (Å²) >= 11 is 0. The monoisotopic (exact) mass is 329 g/mol. The van der Waals surface area contributed by atoms with Gasteiger partial charge in [-0.15, -0.1) is 0 Å². The fraction of sp³-hybridized carbons (Fsp3) is 0.167. The van der Waals surface area contributed by atoms with Crippen molar-refractivity contribution >= 4 is 23.3 Å². The van der Waals surface area contributed by atoms with Crippen LogP contribution in [0.2, 0.25) is 0 Å². The van der Waals surface area contributed by atoms with Crippen molar-refractivity contribution in [2.24, 2.45) is 0 Å². The number of ether oxygens (including phenoxy) is 3. The van der Waals surface area contributed by atoms with E-state index in [2.05, 4.69) is 0 Å². The molecule has 0 aromatic heterocycles. The van der Waals surface area contributed by atoms with E-state index in [-0.39, 0.29) is 5.57 Å². The van der Waals surface area contributed by atoms with Gasteiger partial charge in [0.25, 0.3) is 0 Å². The van der Waals surface area contributed by atoms with Crippen molar-refractivity contribution in [3.63, 3.8) is 0 Å². The van der Waals surface area contributed by atoms with E-state index in [0.717, 1.165) is 0 Å². The highest BCUT2D eigenvalue weighted by Gasteiger charge is 2.18. The molecule has 6 nitrogen and oxygen atoms in total. The molecule has 0 saturated heterocycles. The van der Waals surface area contributed by atoms with Crippen LogP contribution in [0.1, 0.15) is 11.1 Å². The van der Waals surface area contributed by atoms with Crippen LogP contribution in [0.15, 0.2) is 36.4 Å². The molecule has 0 atom stereocenters. The van der Waals surface area contributed by atoms with E-state index < -0.39 is 5.97 Å². The maximum Gasteiger partial charge on any atom is 0.336 e. The van der Waals surface area contributed by atoms with Gasteiger partial charge in [0.05, 0.1) is 26.9 Å². The number of hydrogen-bond donors (Lipinski definition) is 2. The number of hydrogen-bond acceptors (Lipinski definition) is 5. The number of benzene rings is 2. The zero-order valence-electron chi connectivity index (χ0n) is 13.7. The minimum Gasteiger partial charge on any atom is -0.493 e. The molecule has 2 aromatic carbocycles. The van der Waals surface area contributed by atoms with Crippen LogP contribution < -0.4 is 19.9 Å². The van der Waals surface area contributed by atoms with Gasteiger partial charge < -0.3 is 25.1 Å². The summed E-state index contributed by atoms with van der Waals surface area (Å²) in [5.41, 5.74) is 7.48. The van der Waals surface area contributed by atoms with Gasteiger partial charge in [0.1, 0.15) is 0 Å². The number of rotatable bonds is 6. The van der Waals surface area contributed by atoms with Gasteiger partial charge in [-0.1, -0.05) is 18.2 Å². The van der Waals surface area contributed by atoms with Crippen molar-refractivity contribution in [3.05, 3.63) is 47.5 Å². The summed E-state index contributed by atoms with van der Waals surface area (Å²) in [6.07, 6.45) is 1.51. The van der Waals surface area contributed by atoms with E-state index in [0.29, 0.717) is 34.1 Å². The first kappa shape index (κ1) is 17.2. The number of nitrogen functional groups attached to an aromatic ring is 1. The molecule has 2 rings (SSSR count). The molecule has 0 amide bonds. The summed E-state index contributed by atoms with van der Waals surface area (Å²) in [5.74, 6) is 0.0558. The molecule has 0 aliphatic heterocycles. The molecule has 0 heterocycles. The lowest BCUT2D eigenvalue weighted by molar-refractivity contribution is -0.130. The summed E-state index contributed by atoms with van der Waals surface area (Å²) < 4.78 is 15.8. The Morgan fingerprint density at radius 3 is 2.08 bits per heavy atom. The molecule has 0 spiro atoms. The first-order valence-corrected chi connectivity index (χ1v) is 7.11. The number of methoxy groups -OCH3 is 3. The quantitative estimate of drug-likeness (QED) is 0.481. The van der Waals surface area contributed by atoms with Crippen LogP contribution in [-0.2, 0) is 4.79 Å². The third-order valence-corrected chi connectivity index (χ3v) is 3.50. The maximum atomic E-state index is 11.7. The summed E-state index contributed by atoms with van der Waals surface area (Å²) in [4.78, 5) is 11.7. The molecule has 0 bridgehead atoms. The smallest absolute Gasteiger partial charge is 0.336 e. The van der Waals surface area contributed by atoms with E-state index in [1.165, 1.54) is 27.4 Å². The second-order valence-electron chi connectivity index (χ2n) is 4.91. The molecule has 0 aliphatic carbocycles. The second kappa shape index (κ2) is 7.41. The first-order valence-electron chi connectivity index (χ1n) is 7.11. The van der Waals surface area contributed by atoms with Gasteiger partial charge in [-0.3, -0.25) is 0 Å². The number of para-hydroxylation sites is 1. The van der Waals surface area contributed by atoms with Crippen molar-refractivity contribution in [3.8, 4) is 17.2 Å². The van der Waals surface area contributed by atoms with Gasteiger partial charge in [-0.2, -0.15) is 0 Å². The molecule has 2 aromatic rings. The number of anilines is 1. The molecule has 3 N–H and O–H groups in total. The van der Waals surface area contributed by atoms with Crippen molar-refractivity contribution < 1.29 is 24.1 Å². The van der Waals surface area contributed by atoms with E-state index >= 15 is 0 Å². The summed E-state index contributed by atoms with van der Waals surface area (Å²) in [5, 5.41) is 9.61. The number of carboxylic acids is 1. The largest absolute Gasteiger partial charge is 0.493 e. The van der Waals surface area contributed by atoms with Crippen molar-refractivity contribution in [2.45, 2.75) is 0 Å². The molecule has 0 fully saturated rings. The predicted molar refractivity (Wildman–Crippen MR) is 92.5 cm³/mol. The summed E-state index contributed by atoms with van der Waals surface area (Å²) in [7, 11) is 4.43. The van der Waals surface area contributed by atoms with Crippen molar-refractivity contribution in [1.82, 2.24) is 0 Å². The van der Waals surface area contributed by atoms with E-state index in [4.69, 9.17) is 19.9 Å². The van der Waals surface area contributed by atoms with Crippen molar-refractivity contribution in [1.29, 1.82) is 0 Å². The molecule has 6 heteroatoms. The lowest BCUT2D eigenvalue weighted by Gasteiger charge is -2.14. The van der Waals surface area contributed by atoms with Crippen LogP contribution in [0.3, 0.4) is 0 Å². The molecule has 0 saturated carbocycles. The zero-order valence-corrected chi connectivity index (χ0v) is 13.7. The Kier molecular flexibility index (Phi) is 5.31. The predicted octanol–water partition coefficient (Wildman–Crippen LogP) is 2.92. The fourth-order valence-electron chi connectivity index (χ4n) is 2.30. The van der Waals surface area contributed by atoms with Crippen LogP contribution in [0.25, 0.3) is 11.6 Å². The highest BCUT2D eigenvalue weighted by atomic mass is 16.5. The van der Waals surface area contributed by atoms with Crippen LogP contribution in [0.5, 0.6) is 17.2 Å². The van der Waals surface area contributed by atoms with Gasteiger partial charge in [0.15, 0.2) is 11.5 Å². The van der Waals surface area contributed by atoms with E-state index in [9.17, 15) is 9.90 Å². The number of carbonyl (C=O) groups is 1. The number of carboxylic acid groups (broad SMARTS) is 1. The molecule has 0 radical (unpaired) electrons. The highest BCUT2D eigenvalue weighted by molar-refractivity contribution is 6.21. The number of nitrogens with two attached hydrogens (primary N) is 1. The highest BCUT2D eigenvalue weighted by Crippen LogP contribution is 2.40. The molecule has 24 heavy (non-hydrogen) atoms. The lowest BCUT2D eigenvalue weighted by Crippen LogP contribution is -2.03. The Hall–Kier alpha value is -3.15. The molecule has 0 unspecified atom stereocenters. The Morgan fingerprint density at radius 2 is 1.62 bits per heavy atom. The van der Waals surface area contributed by atoms with Gasteiger partial charge in [-0.05, 0) is 35.4 Å². The third-order valence-electron chi connectivity index (χ3n) is 3.50. The van der Waals surface area contributed by atoms with Gasteiger partial charge in [-0.25, -0.2) is 4.79 Å². The standard InChI is InChI=1S/C18H19NO5/c1-22-15-9-12(10-16(23-2)17(15)24-3)13(18(20)21)8-11-6-4-5-7-14(11)19/h4-10H,19H2,1-3H3,(H,20,21)/b13-8+. The second-order valence-corrected chi connectivity index (χ2v) is 4.91. The van der Waals surface area contributed by atoms with Crippen LogP contribution in [0.4, 0.5) is 5.69 Å². The van der Waals surface area contributed by atoms with Crippen LogP contribution >= 0.6 is 0 Å². The SMILES string of the molecule is COc1cc(/C(=C\c2ccccc2N)C(=O)O)cc(OC)c1OC. The molecule has 126 valence electrons. The number of aliphatic carboxylic acids is 1. The molecular weight excluding hydrogens is 310 g/mol. The summed E-state index contributed by atoms with van der Waals surface area (Å²) in [6.45, 7) is 0. The molecule has 0 aliphatic rings. The average molecular weight is 329 g/mol. The minimum atomic E-state index is -1.09. The Labute approximate surface area is 140 Å². The zero-order chi connectivity index (χ0) is 17.7. The van der Waals surface area contributed by atoms with Gasteiger partial charge in [0, 0.05) is 5.69 Å². The van der Waals surface area contributed by atoms with Gasteiger partial charge >= 0.3 is 5.97 Å². The first-order chi connectivity index (χ1) is 11.5. The third kappa shape index (κ3) is 3.43. The summed E-state index contributed by atoms with van der Waals surface area (Å²) in [6, 6.07) is 10.2. The maximum absolute atomic E-state index is 11.7. The van der Waals surface area contributed by atoms with Crippen LogP contribution in [0, 0.1) is 0 Å². The van der Waals surface area contributed by atoms with E-state index in [1.807, 2.05) is 0 Å². The Bertz CT molecular complexity index is 758. The normalized spacial score (nSPS) is 11.0. The molecular formula is C18H19NO5. The van der Waals surface area contributed by atoms with Gasteiger partial charge in [0.2, 0.25) is 5.75 Å². The van der Waals surface area contributed by atoms with Crippen LogP contribution in [-0.4, -0.2) is 32.4 Å². The Morgan fingerprint density at radius 1 is 1.04 bits per heavy atom. The van der Waals surface area contributed by atoms with E-state index in [1.54, 1.807) is 36.4 Å². The Balaban J connectivity index is 2.65. The minimum absolute atomic E-state index is 0.0622.